The van der Waals surface area contributed by atoms with E-state index >= 15 is 0 Å². The quantitative estimate of drug-likeness (QED) is 0.0754. The second-order valence-electron chi connectivity index (χ2n) is 14.6. The number of ketones is 2. The van der Waals surface area contributed by atoms with Crippen LogP contribution in [0.1, 0.15) is 187 Å². The van der Waals surface area contributed by atoms with Gasteiger partial charge in [-0.2, -0.15) is 0 Å². The molecule has 0 spiro atoms. The summed E-state index contributed by atoms with van der Waals surface area (Å²) in [4.78, 5) is 23.4. The molecule has 0 amide bonds. The summed E-state index contributed by atoms with van der Waals surface area (Å²) in [6, 6.07) is 0. The number of aliphatic hydroxyl groups excluding tert-OH is 3. The van der Waals surface area contributed by atoms with Gasteiger partial charge in [0.2, 0.25) is 0 Å². The van der Waals surface area contributed by atoms with E-state index in [2.05, 4.69) is 6.92 Å². The molecule has 0 aromatic rings. The first-order valence-electron chi connectivity index (χ1n) is 19.0. The molecule has 2 fully saturated rings. The van der Waals surface area contributed by atoms with Gasteiger partial charge in [0, 0.05) is 18.8 Å². The standard InChI is InChI=1S/C38H70O6/c1-3-4-5-6-7-8-9-10-11-18-23-34(41)37-25-26-38(44-37)35(42)24-19-13-12-16-21-33(40)22-17-14-15-20-31-28-32(27-30(2)39)36(43)29-31/h31-35,37-38,40-42H,3-29H2,1-2H3/t31-,32+,33+,34-,35-,37-,38-/m1/s1. The molecule has 0 aromatic heterocycles. The van der Waals surface area contributed by atoms with Gasteiger partial charge in [0.05, 0.1) is 30.5 Å². The molecular weight excluding hydrogens is 552 g/mol. The van der Waals surface area contributed by atoms with E-state index in [4.69, 9.17) is 4.74 Å². The first-order valence-corrected chi connectivity index (χ1v) is 19.0. The molecule has 1 saturated heterocycles. The second kappa shape index (κ2) is 24.4. The van der Waals surface area contributed by atoms with E-state index < -0.39 is 12.2 Å². The summed E-state index contributed by atoms with van der Waals surface area (Å²) in [5.41, 5.74) is 0. The van der Waals surface area contributed by atoms with Crippen molar-refractivity contribution in [2.75, 3.05) is 0 Å². The van der Waals surface area contributed by atoms with E-state index in [9.17, 15) is 24.9 Å². The Morgan fingerprint density at radius 2 is 1.16 bits per heavy atom. The molecule has 2 rings (SSSR count). The van der Waals surface area contributed by atoms with E-state index in [0.29, 0.717) is 18.8 Å². The number of Topliss-reactive ketones (excluding diaryl/α,β-unsaturated/α-hetero) is 2. The molecule has 1 aliphatic heterocycles. The Labute approximate surface area is 270 Å². The molecule has 6 nitrogen and oxygen atoms in total. The van der Waals surface area contributed by atoms with Gasteiger partial charge in [-0.05, 0) is 57.8 Å². The third-order valence-corrected chi connectivity index (χ3v) is 10.3. The van der Waals surface area contributed by atoms with Crippen LogP contribution in [0.25, 0.3) is 0 Å². The highest BCUT2D eigenvalue weighted by Crippen LogP contribution is 2.34. The fraction of sp³-hybridized carbons (Fsp3) is 0.947. The SMILES string of the molecule is CCCCCCCCCCCC[C@@H](O)[C@H]1CC[C@H]([C@H](O)CCCCCC[C@H](O)CCCCC[C@H]2CC(=O)[C@@H](CC(C)=O)C2)O1. The second-order valence-corrected chi connectivity index (χ2v) is 14.6. The lowest BCUT2D eigenvalue weighted by molar-refractivity contribution is -0.125. The molecule has 7 atom stereocenters. The van der Waals surface area contributed by atoms with E-state index in [0.717, 1.165) is 103 Å². The largest absolute Gasteiger partial charge is 0.393 e. The van der Waals surface area contributed by atoms with Crippen LogP contribution in [0, 0.1) is 11.8 Å². The molecule has 1 aliphatic carbocycles. The van der Waals surface area contributed by atoms with Gasteiger partial charge >= 0.3 is 0 Å². The van der Waals surface area contributed by atoms with Crippen molar-refractivity contribution >= 4 is 11.6 Å². The predicted molar refractivity (Wildman–Crippen MR) is 180 cm³/mol. The molecule has 0 unspecified atom stereocenters. The molecule has 6 heteroatoms. The van der Waals surface area contributed by atoms with Crippen LogP contribution in [-0.4, -0.2) is 57.4 Å². The van der Waals surface area contributed by atoms with E-state index in [-0.39, 0.29) is 35.8 Å². The van der Waals surface area contributed by atoms with Crippen LogP contribution in [0.2, 0.25) is 0 Å². The molecule has 258 valence electrons. The van der Waals surface area contributed by atoms with Crippen molar-refractivity contribution < 1.29 is 29.6 Å². The lowest BCUT2D eigenvalue weighted by atomic mass is 9.95. The zero-order valence-electron chi connectivity index (χ0n) is 28.7. The lowest BCUT2D eigenvalue weighted by Crippen LogP contribution is -2.31. The van der Waals surface area contributed by atoms with Crippen molar-refractivity contribution in [2.45, 2.75) is 218 Å². The monoisotopic (exact) mass is 623 g/mol. The predicted octanol–water partition coefficient (Wildman–Crippen LogP) is 8.79. The van der Waals surface area contributed by atoms with Gasteiger partial charge < -0.3 is 24.9 Å². The highest BCUT2D eigenvalue weighted by Gasteiger charge is 2.34. The number of unbranched alkanes of at least 4 members (excludes halogenated alkanes) is 14. The summed E-state index contributed by atoms with van der Waals surface area (Å²) in [7, 11) is 0. The molecule has 0 aromatic carbocycles. The number of rotatable bonds is 28. The minimum absolute atomic E-state index is 0.0334. The molecule has 1 saturated carbocycles. The minimum Gasteiger partial charge on any atom is -0.393 e. The summed E-state index contributed by atoms with van der Waals surface area (Å²) < 4.78 is 6.08. The van der Waals surface area contributed by atoms with Gasteiger partial charge in [-0.3, -0.25) is 4.79 Å². The van der Waals surface area contributed by atoms with Gasteiger partial charge in [0.1, 0.15) is 11.6 Å². The number of aliphatic hydroxyl groups is 3. The van der Waals surface area contributed by atoms with Crippen molar-refractivity contribution in [1.29, 1.82) is 0 Å². The Morgan fingerprint density at radius 3 is 1.66 bits per heavy atom. The number of carbonyl (C=O) groups excluding carboxylic acids is 2. The number of hydrogen-bond acceptors (Lipinski definition) is 6. The van der Waals surface area contributed by atoms with Crippen molar-refractivity contribution in [2.24, 2.45) is 11.8 Å². The highest BCUT2D eigenvalue weighted by molar-refractivity contribution is 5.88. The third-order valence-electron chi connectivity index (χ3n) is 10.3. The Kier molecular flexibility index (Phi) is 21.8. The van der Waals surface area contributed by atoms with E-state index in [1.807, 2.05) is 0 Å². The highest BCUT2D eigenvalue weighted by atomic mass is 16.5. The normalized spacial score (nSPS) is 24.2. The van der Waals surface area contributed by atoms with Gasteiger partial charge in [-0.25, -0.2) is 0 Å². The van der Waals surface area contributed by atoms with E-state index in [1.165, 1.54) is 57.8 Å². The molecule has 0 radical (unpaired) electrons. The average molecular weight is 623 g/mol. The zero-order chi connectivity index (χ0) is 32.0. The van der Waals surface area contributed by atoms with Crippen LogP contribution in [-0.2, 0) is 14.3 Å². The summed E-state index contributed by atoms with van der Waals surface area (Å²) in [6.45, 7) is 3.83. The lowest BCUT2D eigenvalue weighted by Gasteiger charge is -2.22. The van der Waals surface area contributed by atoms with Gasteiger partial charge in [0.25, 0.3) is 0 Å². The molecular formula is C38H70O6. The van der Waals surface area contributed by atoms with Gasteiger partial charge in [0.15, 0.2) is 0 Å². The Bertz CT molecular complexity index is 741. The van der Waals surface area contributed by atoms with Gasteiger partial charge in [-0.1, -0.05) is 122 Å². The molecule has 2 aliphatic rings. The van der Waals surface area contributed by atoms with Crippen LogP contribution in [0.5, 0.6) is 0 Å². The zero-order valence-corrected chi connectivity index (χ0v) is 28.7. The fourth-order valence-electron chi connectivity index (χ4n) is 7.52. The van der Waals surface area contributed by atoms with Gasteiger partial charge in [-0.15, -0.1) is 0 Å². The maximum Gasteiger partial charge on any atom is 0.136 e. The first kappa shape index (κ1) is 39.4. The number of carbonyl (C=O) groups is 2. The third kappa shape index (κ3) is 17.8. The molecule has 0 bridgehead atoms. The average Bonchev–Trinajstić information content (AvgIpc) is 3.62. The van der Waals surface area contributed by atoms with Crippen LogP contribution in [0.3, 0.4) is 0 Å². The topological polar surface area (TPSA) is 104 Å². The number of hydrogen-bond donors (Lipinski definition) is 3. The molecule has 1 heterocycles. The Balaban J connectivity index is 1.38. The van der Waals surface area contributed by atoms with Crippen molar-refractivity contribution in [1.82, 2.24) is 0 Å². The van der Waals surface area contributed by atoms with Crippen LogP contribution >= 0.6 is 0 Å². The number of ether oxygens (including phenoxy) is 1. The maximum atomic E-state index is 12.1. The minimum atomic E-state index is -0.447. The van der Waals surface area contributed by atoms with Crippen molar-refractivity contribution in [3.63, 3.8) is 0 Å². The summed E-state index contributed by atoms with van der Waals surface area (Å²) in [5.74, 6) is 0.811. The van der Waals surface area contributed by atoms with Crippen LogP contribution < -0.4 is 0 Å². The molecule has 3 N–H and O–H groups in total. The van der Waals surface area contributed by atoms with Crippen LogP contribution in [0.15, 0.2) is 0 Å². The van der Waals surface area contributed by atoms with E-state index in [1.54, 1.807) is 6.92 Å². The first-order chi connectivity index (χ1) is 21.3. The molecule has 44 heavy (non-hydrogen) atoms. The Hall–Kier alpha value is -0.820. The van der Waals surface area contributed by atoms with Crippen LogP contribution in [0.4, 0.5) is 0 Å². The summed E-state index contributed by atoms with van der Waals surface area (Å²) >= 11 is 0. The van der Waals surface area contributed by atoms with Crippen molar-refractivity contribution in [3.8, 4) is 0 Å². The maximum absolute atomic E-state index is 12.1. The summed E-state index contributed by atoms with van der Waals surface area (Å²) in [6.07, 6.45) is 26.9. The summed E-state index contributed by atoms with van der Waals surface area (Å²) in [5, 5.41) is 31.6. The smallest absolute Gasteiger partial charge is 0.136 e. The van der Waals surface area contributed by atoms with Crippen molar-refractivity contribution in [3.05, 3.63) is 0 Å². The Morgan fingerprint density at radius 1 is 0.705 bits per heavy atom. The fourth-order valence-corrected chi connectivity index (χ4v) is 7.52.